The molecule has 0 aliphatic carbocycles. The van der Waals surface area contributed by atoms with E-state index in [0.717, 1.165) is 26.9 Å². The minimum absolute atomic E-state index is 0.0914. The molecule has 1 N–H and O–H groups in total. The van der Waals surface area contributed by atoms with Crippen LogP contribution in [0.25, 0.3) is 0 Å². The topological polar surface area (TPSA) is 46.9 Å². The summed E-state index contributed by atoms with van der Waals surface area (Å²) in [4.78, 5) is 17.7. The van der Waals surface area contributed by atoms with Gasteiger partial charge in [0, 0.05) is 35.6 Å². The summed E-state index contributed by atoms with van der Waals surface area (Å²) in [5, 5.41) is 3.87. The highest BCUT2D eigenvalue weighted by molar-refractivity contribution is 7.99. The lowest BCUT2D eigenvalue weighted by molar-refractivity contribution is 0.102. The Morgan fingerprint density at radius 2 is 1.75 bits per heavy atom. The second-order valence-corrected chi connectivity index (χ2v) is 6.82. The maximum atomic E-state index is 12.4. The van der Waals surface area contributed by atoms with Crippen LogP contribution in [0.5, 0.6) is 0 Å². The zero-order valence-electron chi connectivity index (χ0n) is 13.9. The fourth-order valence-electron chi connectivity index (χ4n) is 2.47. The molecule has 0 atom stereocenters. The largest absolute Gasteiger partial charge is 0.329 e. The van der Waals surface area contributed by atoms with Crippen molar-refractivity contribution in [2.24, 2.45) is 7.05 Å². The van der Waals surface area contributed by atoms with Gasteiger partial charge >= 0.3 is 0 Å². The Kier molecular flexibility index (Phi) is 4.71. The number of benzene rings is 2. The van der Waals surface area contributed by atoms with Gasteiger partial charge in [0.1, 0.15) is 0 Å². The molecule has 1 amide bonds. The molecular formula is C19H19N3OS. The fraction of sp³-hybridized carbons (Fsp3) is 0.158. The predicted octanol–water partition coefficient (Wildman–Crippen LogP) is 4.44. The van der Waals surface area contributed by atoms with Crippen LogP contribution in [-0.2, 0) is 7.05 Å². The molecule has 0 saturated carbocycles. The summed E-state index contributed by atoms with van der Waals surface area (Å²) in [6, 6.07) is 13.6. The number of hydrogen-bond acceptors (Lipinski definition) is 3. The Morgan fingerprint density at radius 3 is 2.33 bits per heavy atom. The Bertz CT molecular complexity index is 848. The third kappa shape index (κ3) is 3.86. The van der Waals surface area contributed by atoms with Gasteiger partial charge in [-0.3, -0.25) is 4.79 Å². The lowest BCUT2D eigenvalue weighted by Gasteiger charge is -2.08. The average molecular weight is 337 g/mol. The standard InChI is InChI=1S/C19H19N3OS/c1-13-10-14(2)12-15(11-13)18(23)21-16-4-6-17(7-5-16)24-19-20-8-9-22(19)3/h4-12H,1-3H3,(H,21,23). The number of carbonyl (C=O) groups excluding carboxylic acids is 1. The maximum Gasteiger partial charge on any atom is 0.255 e. The van der Waals surface area contributed by atoms with Crippen LogP contribution in [0.4, 0.5) is 5.69 Å². The van der Waals surface area contributed by atoms with Crippen LogP contribution in [0.3, 0.4) is 0 Å². The van der Waals surface area contributed by atoms with E-state index in [0.29, 0.717) is 5.56 Å². The number of rotatable bonds is 4. The number of nitrogens with zero attached hydrogens (tertiary/aromatic N) is 2. The summed E-state index contributed by atoms with van der Waals surface area (Å²) in [5.74, 6) is -0.0914. The number of carbonyl (C=O) groups is 1. The highest BCUT2D eigenvalue weighted by Gasteiger charge is 2.08. The number of aryl methyl sites for hydroxylation is 3. The van der Waals surface area contributed by atoms with Crippen LogP contribution >= 0.6 is 11.8 Å². The molecule has 0 aliphatic rings. The van der Waals surface area contributed by atoms with Gasteiger partial charge in [-0.2, -0.15) is 0 Å². The van der Waals surface area contributed by atoms with Crippen molar-refractivity contribution >= 4 is 23.4 Å². The second-order valence-electron chi connectivity index (χ2n) is 5.78. The van der Waals surface area contributed by atoms with Crippen molar-refractivity contribution < 1.29 is 4.79 Å². The summed E-state index contributed by atoms with van der Waals surface area (Å²) in [6.07, 6.45) is 3.70. The third-order valence-corrected chi connectivity index (χ3v) is 4.67. The van der Waals surface area contributed by atoms with Crippen molar-refractivity contribution in [1.82, 2.24) is 9.55 Å². The van der Waals surface area contributed by atoms with E-state index >= 15 is 0 Å². The first-order chi connectivity index (χ1) is 11.5. The number of nitrogens with one attached hydrogen (secondary N) is 1. The number of anilines is 1. The monoisotopic (exact) mass is 337 g/mol. The van der Waals surface area contributed by atoms with Crippen LogP contribution < -0.4 is 5.32 Å². The smallest absolute Gasteiger partial charge is 0.255 e. The first-order valence-corrected chi connectivity index (χ1v) is 8.48. The average Bonchev–Trinajstić information content (AvgIpc) is 2.93. The molecule has 3 rings (SSSR count). The Morgan fingerprint density at radius 1 is 1.08 bits per heavy atom. The summed E-state index contributed by atoms with van der Waals surface area (Å²) >= 11 is 1.59. The summed E-state index contributed by atoms with van der Waals surface area (Å²) in [5.41, 5.74) is 3.63. The molecule has 0 aliphatic heterocycles. The predicted molar refractivity (Wildman–Crippen MR) is 97.6 cm³/mol. The van der Waals surface area contributed by atoms with E-state index in [2.05, 4.69) is 16.4 Å². The molecule has 1 aromatic heterocycles. The van der Waals surface area contributed by atoms with E-state index in [4.69, 9.17) is 0 Å². The molecule has 3 aromatic rings. The minimum atomic E-state index is -0.0914. The molecular weight excluding hydrogens is 318 g/mol. The Balaban J connectivity index is 1.69. The van der Waals surface area contributed by atoms with E-state index in [1.165, 1.54) is 0 Å². The highest BCUT2D eigenvalue weighted by atomic mass is 32.2. The first-order valence-electron chi connectivity index (χ1n) is 7.66. The van der Waals surface area contributed by atoms with Gasteiger partial charge < -0.3 is 9.88 Å². The first kappa shape index (κ1) is 16.3. The van der Waals surface area contributed by atoms with Crippen LogP contribution in [0.15, 0.2) is 64.9 Å². The maximum absolute atomic E-state index is 12.4. The zero-order valence-corrected chi connectivity index (χ0v) is 14.7. The van der Waals surface area contributed by atoms with Crippen molar-refractivity contribution in [1.29, 1.82) is 0 Å². The van der Waals surface area contributed by atoms with Gasteiger partial charge in [0.25, 0.3) is 5.91 Å². The number of aromatic nitrogens is 2. The van der Waals surface area contributed by atoms with E-state index in [1.807, 2.05) is 68.1 Å². The van der Waals surface area contributed by atoms with Gasteiger partial charge in [-0.1, -0.05) is 29.0 Å². The molecule has 0 spiro atoms. The van der Waals surface area contributed by atoms with Crippen molar-refractivity contribution in [2.45, 2.75) is 23.9 Å². The zero-order chi connectivity index (χ0) is 17.1. The Hall–Kier alpha value is -2.53. The van der Waals surface area contributed by atoms with E-state index in [-0.39, 0.29) is 5.91 Å². The summed E-state index contributed by atoms with van der Waals surface area (Å²) < 4.78 is 1.97. The van der Waals surface area contributed by atoms with Crippen molar-refractivity contribution in [3.05, 3.63) is 71.5 Å². The molecule has 0 fully saturated rings. The van der Waals surface area contributed by atoms with Gasteiger partial charge in [0.05, 0.1) is 0 Å². The van der Waals surface area contributed by atoms with Gasteiger partial charge in [0.15, 0.2) is 5.16 Å². The molecule has 122 valence electrons. The van der Waals surface area contributed by atoms with E-state index in [9.17, 15) is 4.79 Å². The van der Waals surface area contributed by atoms with Crippen LogP contribution in [0.2, 0.25) is 0 Å². The lowest BCUT2D eigenvalue weighted by Crippen LogP contribution is -2.12. The van der Waals surface area contributed by atoms with Crippen molar-refractivity contribution in [3.8, 4) is 0 Å². The van der Waals surface area contributed by atoms with Crippen molar-refractivity contribution in [2.75, 3.05) is 5.32 Å². The van der Waals surface area contributed by atoms with Crippen LogP contribution in [0, 0.1) is 13.8 Å². The van der Waals surface area contributed by atoms with Crippen LogP contribution in [-0.4, -0.2) is 15.5 Å². The second kappa shape index (κ2) is 6.93. The molecule has 2 aromatic carbocycles. The van der Waals surface area contributed by atoms with Crippen LogP contribution in [0.1, 0.15) is 21.5 Å². The van der Waals surface area contributed by atoms with E-state index in [1.54, 1.807) is 18.0 Å². The minimum Gasteiger partial charge on any atom is -0.329 e. The van der Waals surface area contributed by atoms with Gasteiger partial charge in [-0.05, 0) is 50.2 Å². The van der Waals surface area contributed by atoms with Gasteiger partial charge in [0.2, 0.25) is 0 Å². The molecule has 24 heavy (non-hydrogen) atoms. The molecule has 0 unspecified atom stereocenters. The Labute approximate surface area is 145 Å². The quantitative estimate of drug-likeness (QED) is 0.765. The lowest BCUT2D eigenvalue weighted by atomic mass is 10.1. The highest BCUT2D eigenvalue weighted by Crippen LogP contribution is 2.26. The number of hydrogen-bond donors (Lipinski definition) is 1. The molecule has 5 heteroatoms. The van der Waals surface area contributed by atoms with Gasteiger partial charge in [-0.15, -0.1) is 0 Å². The molecule has 0 radical (unpaired) electrons. The van der Waals surface area contributed by atoms with E-state index < -0.39 is 0 Å². The molecule has 1 heterocycles. The summed E-state index contributed by atoms with van der Waals surface area (Å²) in [7, 11) is 1.97. The normalized spacial score (nSPS) is 10.6. The van der Waals surface area contributed by atoms with Crippen molar-refractivity contribution in [3.63, 3.8) is 0 Å². The number of amides is 1. The number of imidazole rings is 1. The molecule has 4 nitrogen and oxygen atoms in total. The summed E-state index contributed by atoms with van der Waals surface area (Å²) in [6.45, 7) is 3.99. The third-order valence-electron chi connectivity index (χ3n) is 3.58. The molecule has 0 bridgehead atoms. The van der Waals surface area contributed by atoms with Gasteiger partial charge in [-0.25, -0.2) is 4.98 Å². The molecule has 0 saturated heterocycles. The fourth-order valence-corrected chi connectivity index (χ4v) is 3.27. The SMILES string of the molecule is Cc1cc(C)cc(C(=O)Nc2ccc(Sc3nccn3C)cc2)c1.